The van der Waals surface area contributed by atoms with E-state index in [2.05, 4.69) is 5.10 Å². The molecule has 1 aromatic heterocycles. The summed E-state index contributed by atoms with van der Waals surface area (Å²) < 4.78 is 0.704. The number of carbonyl (C=O) groups is 4. The Morgan fingerprint density at radius 2 is 2.00 bits per heavy atom. The number of rotatable bonds is 8. The lowest BCUT2D eigenvalue weighted by Gasteiger charge is -2.36. The summed E-state index contributed by atoms with van der Waals surface area (Å²) in [6, 6.07) is 0.617. The number of aromatic nitrogens is 2. The van der Waals surface area contributed by atoms with Crippen molar-refractivity contribution in [3.8, 4) is 0 Å². The molecular formula is C21H32N5O5+. The molecule has 1 aliphatic carbocycles. The predicted octanol–water partition coefficient (Wildman–Crippen LogP) is 0.904. The van der Waals surface area contributed by atoms with Gasteiger partial charge in [-0.05, 0) is 25.3 Å². The van der Waals surface area contributed by atoms with E-state index in [4.69, 9.17) is 5.73 Å². The minimum absolute atomic E-state index is 0.156. The number of quaternary nitrogens is 1. The lowest BCUT2D eigenvalue weighted by molar-refractivity contribution is -0.777. The molecule has 2 aliphatic rings. The summed E-state index contributed by atoms with van der Waals surface area (Å²) in [5.74, 6) is -2.18. The molecule has 0 radical (unpaired) electrons. The van der Waals surface area contributed by atoms with E-state index in [9.17, 15) is 24.4 Å². The average molecular weight is 435 g/mol. The molecule has 0 aromatic carbocycles. The fourth-order valence-corrected chi connectivity index (χ4v) is 5.39. The molecule has 1 saturated heterocycles. The Labute approximate surface area is 181 Å². The molecule has 1 aromatic rings. The Morgan fingerprint density at radius 1 is 1.32 bits per heavy atom. The molecule has 0 bridgehead atoms. The van der Waals surface area contributed by atoms with Crippen LogP contribution in [0.25, 0.3) is 0 Å². The molecule has 1 unspecified atom stereocenters. The molecule has 31 heavy (non-hydrogen) atoms. The molecule has 2 heterocycles. The van der Waals surface area contributed by atoms with Gasteiger partial charge < -0.3 is 5.73 Å². The minimum atomic E-state index is -0.982. The SMILES string of the molecule is Cc1cc(C(=O)[N+]2(C(=O)[C@H](CC3CCCC3)CN(O)C=O)CCC[C@H]2C(N)=O)n(C)n1. The van der Waals surface area contributed by atoms with E-state index < -0.39 is 34.2 Å². The molecule has 4 amide bonds. The van der Waals surface area contributed by atoms with Gasteiger partial charge in [-0.25, -0.2) is 14.7 Å². The summed E-state index contributed by atoms with van der Waals surface area (Å²) in [5.41, 5.74) is 6.52. The summed E-state index contributed by atoms with van der Waals surface area (Å²) in [6.45, 7) is 1.68. The molecule has 0 spiro atoms. The number of nitrogens with two attached hydrogens (primary N) is 1. The highest BCUT2D eigenvalue weighted by Crippen LogP contribution is 2.37. The molecule has 3 N–H and O–H groups in total. The number of hydrogen-bond acceptors (Lipinski definition) is 6. The van der Waals surface area contributed by atoms with Crippen molar-refractivity contribution in [1.82, 2.24) is 14.8 Å². The van der Waals surface area contributed by atoms with E-state index in [-0.39, 0.29) is 31.1 Å². The number of carbonyl (C=O) groups excluding carboxylic acids is 4. The second-order valence-electron chi connectivity index (χ2n) is 8.90. The molecule has 2 fully saturated rings. The van der Waals surface area contributed by atoms with Crippen LogP contribution in [0.15, 0.2) is 6.07 Å². The van der Waals surface area contributed by atoms with Crippen molar-refractivity contribution in [1.29, 1.82) is 0 Å². The van der Waals surface area contributed by atoms with Crippen LogP contribution in [0, 0.1) is 18.8 Å². The summed E-state index contributed by atoms with van der Waals surface area (Å²) >= 11 is 0. The van der Waals surface area contributed by atoms with Crippen LogP contribution in [-0.4, -0.2) is 67.8 Å². The first-order valence-corrected chi connectivity index (χ1v) is 10.9. The first kappa shape index (κ1) is 23.1. The van der Waals surface area contributed by atoms with Crippen molar-refractivity contribution in [2.24, 2.45) is 24.6 Å². The second kappa shape index (κ2) is 9.27. The highest BCUT2D eigenvalue weighted by molar-refractivity contribution is 5.98. The topological polar surface area (TPSA) is 136 Å². The fraction of sp³-hybridized carbons (Fsp3) is 0.667. The first-order chi connectivity index (χ1) is 14.7. The van der Waals surface area contributed by atoms with Gasteiger partial charge in [0.05, 0.1) is 24.7 Å². The zero-order chi connectivity index (χ0) is 22.8. The van der Waals surface area contributed by atoms with Gasteiger partial charge in [-0.3, -0.25) is 19.5 Å². The molecule has 3 atom stereocenters. The Bertz CT molecular complexity index is 862. The number of primary amides is 1. The van der Waals surface area contributed by atoms with Gasteiger partial charge in [-0.1, -0.05) is 25.7 Å². The quantitative estimate of drug-likeness (QED) is 0.270. The summed E-state index contributed by atoms with van der Waals surface area (Å²) in [7, 11) is 1.62. The van der Waals surface area contributed by atoms with E-state index in [0.29, 0.717) is 30.0 Å². The lowest BCUT2D eigenvalue weighted by Crippen LogP contribution is -2.66. The molecule has 10 heteroatoms. The molecule has 1 aliphatic heterocycles. The third kappa shape index (κ3) is 4.40. The van der Waals surface area contributed by atoms with Gasteiger partial charge in [-0.2, -0.15) is 9.58 Å². The van der Waals surface area contributed by atoms with E-state index in [1.165, 1.54) is 4.68 Å². The van der Waals surface area contributed by atoms with Crippen molar-refractivity contribution < 1.29 is 28.9 Å². The highest BCUT2D eigenvalue weighted by Gasteiger charge is 2.59. The van der Waals surface area contributed by atoms with Gasteiger partial charge >= 0.3 is 11.8 Å². The summed E-state index contributed by atoms with van der Waals surface area (Å²) in [6.07, 6.45) is 5.59. The van der Waals surface area contributed by atoms with Crippen LogP contribution in [0.5, 0.6) is 0 Å². The first-order valence-electron chi connectivity index (χ1n) is 10.9. The third-order valence-electron chi connectivity index (χ3n) is 6.80. The predicted molar refractivity (Wildman–Crippen MR) is 109 cm³/mol. The standard InChI is InChI=1S/C21H31N5O5/c1-14-10-17(24(2)23-14)21(30)26(9-5-8-18(26)19(22)28)20(29)16(12-25(31)13-27)11-15-6-3-4-7-15/h10,13,15-16,18,31H,3-9,11-12H2,1-2H3,(H-,22,28)/p+1/t16-,18+,26?/m1/s1. The van der Waals surface area contributed by atoms with Crippen LogP contribution in [0.2, 0.25) is 0 Å². The van der Waals surface area contributed by atoms with Crippen LogP contribution in [0.1, 0.15) is 61.1 Å². The van der Waals surface area contributed by atoms with E-state index in [1.54, 1.807) is 20.0 Å². The largest absolute Gasteiger partial charge is 0.372 e. The number of nitrogens with zero attached hydrogens (tertiary/aromatic N) is 4. The molecule has 10 nitrogen and oxygen atoms in total. The smallest absolute Gasteiger partial charge is 0.364 e. The Hall–Kier alpha value is -2.59. The maximum Gasteiger partial charge on any atom is 0.372 e. The number of amides is 4. The number of likely N-dealkylation sites (tertiary alicyclic amines) is 1. The number of imide groups is 1. The van der Waals surface area contributed by atoms with Crippen molar-refractivity contribution in [2.45, 2.75) is 57.9 Å². The summed E-state index contributed by atoms with van der Waals surface area (Å²) in [4.78, 5) is 51.2. The fourth-order valence-electron chi connectivity index (χ4n) is 5.39. The number of hydroxylamine groups is 2. The average Bonchev–Trinajstić information content (AvgIpc) is 3.46. The second-order valence-corrected chi connectivity index (χ2v) is 8.90. The molecular weight excluding hydrogens is 402 g/mol. The Kier molecular flexibility index (Phi) is 6.90. The maximum atomic E-state index is 14.0. The van der Waals surface area contributed by atoms with Gasteiger partial charge in [0, 0.05) is 19.9 Å². The van der Waals surface area contributed by atoms with E-state index >= 15 is 0 Å². The van der Waals surface area contributed by atoms with Crippen molar-refractivity contribution in [3.05, 3.63) is 17.5 Å². The van der Waals surface area contributed by atoms with E-state index in [1.807, 2.05) is 0 Å². The number of aryl methyl sites for hydroxylation is 2. The van der Waals surface area contributed by atoms with Gasteiger partial charge in [0.2, 0.25) is 6.41 Å². The van der Waals surface area contributed by atoms with Crippen LogP contribution in [0.3, 0.4) is 0 Å². The molecule has 1 saturated carbocycles. The number of hydrogen-bond donors (Lipinski definition) is 2. The van der Waals surface area contributed by atoms with Crippen molar-refractivity contribution in [2.75, 3.05) is 13.1 Å². The van der Waals surface area contributed by atoms with Crippen molar-refractivity contribution in [3.63, 3.8) is 0 Å². The van der Waals surface area contributed by atoms with Gasteiger partial charge in [0.25, 0.3) is 5.91 Å². The highest BCUT2D eigenvalue weighted by atomic mass is 16.5. The van der Waals surface area contributed by atoms with Crippen LogP contribution in [-0.2, 0) is 21.4 Å². The zero-order valence-electron chi connectivity index (χ0n) is 18.2. The van der Waals surface area contributed by atoms with Crippen molar-refractivity contribution >= 4 is 24.1 Å². The Balaban J connectivity index is 2.04. The van der Waals surface area contributed by atoms with Crippen LogP contribution < -0.4 is 5.73 Å². The monoisotopic (exact) mass is 434 g/mol. The van der Waals surface area contributed by atoms with Gasteiger partial charge in [0.1, 0.15) is 0 Å². The zero-order valence-corrected chi connectivity index (χ0v) is 18.2. The summed E-state index contributed by atoms with van der Waals surface area (Å²) in [5, 5.41) is 14.5. The third-order valence-corrected chi connectivity index (χ3v) is 6.80. The lowest BCUT2D eigenvalue weighted by atomic mass is 9.90. The van der Waals surface area contributed by atoms with E-state index in [0.717, 1.165) is 25.7 Å². The van der Waals surface area contributed by atoms with Crippen LogP contribution >= 0.6 is 0 Å². The van der Waals surface area contributed by atoms with Gasteiger partial charge in [0.15, 0.2) is 11.7 Å². The molecule has 3 rings (SSSR count). The maximum absolute atomic E-state index is 14.0. The molecule has 170 valence electrons. The normalized spacial score (nSPS) is 24.8. The Morgan fingerprint density at radius 3 is 2.55 bits per heavy atom. The van der Waals surface area contributed by atoms with Crippen LogP contribution in [0.4, 0.5) is 0 Å². The van der Waals surface area contributed by atoms with Gasteiger partial charge in [-0.15, -0.1) is 0 Å². The minimum Gasteiger partial charge on any atom is -0.364 e.